The van der Waals surface area contributed by atoms with Crippen molar-refractivity contribution in [3.05, 3.63) is 54.1 Å². The normalized spacial score (nSPS) is 10.9. The van der Waals surface area contributed by atoms with Crippen LogP contribution in [0.5, 0.6) is 11.5 Å². The Morgan fingerprint density at radius 3 is 2.46 bits per heavy atom. The third-order valence-corrected chi connectivity index (χ3v) is 4.04. The third kappa shape index (κ3) is 7.08. The summed E-state index contributed by atoms with van der Waals surface area (Å²) in [6.07, 6.45) is 5.05. The molecule has 2 aromatic rings. The lowest BCUT2D eigenvalue weighted by Gasteiger charge is -2.09. The van der Waals surface area contributed by atoms with Gasteiger partial charge in [0.15, 0.2) is 0 Å². The Balaban J connectivity index is 1.97. The van der Waals surface area contributed by atoms with Crippen LogP contribution in [0.2, 0.25) is 0 Å². The highest BCUT2D eigenvalue weighted by Crippen LogP contribution is 2.28. The van der Waals surface area contributed by atoms with Crippen LogP contribution < -0.4 is 4.74 Å². The second-order valence-electron chi connectivity index (χ2n) is 6.20. The van der Waals surface area contributed by atoms with E-state index in [1.807, 2.05) is 36.4 Å². The van der Waals surface area contributed by atoms with Crippen LogP contribution in [0.25, 0.3) is 17.2 Å². The number of esters is 1. The van der Waals surface area contributed by atoms with Crippen LogP contribution >= 0.6 is 0 Å². The topological polar surface area (TPSA) is 65.0 Å². The van der Waals surface area contributed by atoms with Gasteiger partial charge in [-0.2, -0.15) is 0 Å². The van der Waals surface area contributed by atoms with Crippen LogP contribution in [0.4, 0.5) is 0 Å². The van der Waals surface area contributed by atoms with Crippen LogP contribution in [0.15, 0.2) is 48.5 Å². The van der Waals surface area contributed by atoms with E-state index in [9.17, 15) is 9.90 Å². The quantitative estimate of drug-likeness (QED) is 0.341. The number of phenolic OH excluding ortho intramolecular Hbond substituents is 1. The van der Waals surface area contributed by atoms with Gasteiger partial charge >= 0.3 is 5.97 Å². The second kappa shape index (κ2) is 11.8. The summed E-state index contributed by atoms with van der Waals surface area (Å²) in [5.74, 6) is 0.448. The first-order chi connectivity index (χ1) is 13.6. The van der Waals surface area contributed by atoms with E-state index >= 15 is 0 Å². The maximum atomic E-state index is 11.5. The molecule has 0 aliphatic rings. The molecule has 5 heteroatoms. The number of aromatic hydroxyl groups is 1. The van der Waals surface area contributed by atoms with Gasteiger partial charge in [-0.25, -0.2) is 4.79 Å². The highest BCUT2D eigenvalue weighted by atomic mass is 16.5. The Kier molecular flexibility index (Phi) is 9.08. The van der Waals surface area contributed by atoms with E-state index in [0.29, 0.717) is 25.4 Å². The molecule has 0 bridgehead atoms. The van der Waals surface area contributed by atoms with Crippen molar-refractivity contribution in [2.45, 2.75) is 26.7 Å². The van der Waals surface area contributed by atoms with E-state index in [1.165, 1.54) is 6.08 Å². The fourth-order valence-electron chi connectivity index (χ4n) is 2.53. The molecule has 0 unspecified atom stereocenters. The van der Waals surface area contributed by atoms with Gasteiger partial charge in [-0.3, -0.25) is 0 Å². The van der Waals surface area contributed by atoms with Gasteiger partial charge in [0.05, 0.1) is 13.2 Å². The molecular weight excluding hydrogens is 356 g/mol. The minimum Gasteiger partial charge on any atom is -0.507 e. The molecule has 0 amide bonds. The number of hydrogen-bond acceptors (Lipinski definition) is 5. The zero-order valence-corrected chi connectivity index (χ0v) is 16.5. The summed E-state index contributed by atoms with van der Waals surface area (Å²) in [4.78, 5) is 11.5. The first-order valence-electron chi connectivity index (χ1n) is 9.62. The van der Waals surface area contributed by atoms with Crippen molar-refractivity contribution in [3.63, 3.8) is 0 Å². The van der Waals surface area contributed by atoms with Gasteiger partial charge in [-0.1, -0.05) is 31.5 Å². The molecule has 0 atom stereocenters. The van der Waals surface area contributed by atoms with Gasteiger partial charge in [0.25, 0.3) is 0 Å². The van der Waals surface area contributed by atoms with Crippen molar-refractivity contribution in [1.82, 2.24) is 0 Å². The number of benzene rings is 2. The lowest BCUT2D eigenvalue weighted by Crippen LogP contribution is -2.07. The summed E-state index contributed by atoms with van der Waals surface area (Å²) in [6, 6.07) is 13.0. The van der Waals surface area contributed by atoms with Crippen molar-refractivity contribution in [3.8, 4) is 22.6 Å². The van der Waals surface area contributed by atoms with E-state index in [1.54, 1.807) is 19.1 Å². The molecule has 0 saturated heterocycles. The Morgan fingerprint density at radius 2 is 1.75 bits per heavy atom. The number of phenols is 1. The molecule has 2 aromatic carbocycles. The maximum Gasteiger partial charge on any atom is 0.330 e. The van der Waals surface area contributed by atoms with Crippen LogP contribution in [0.3, 0.4) is 0 Å². The maximum absolute atomic E-state index is 11.5. The Bertz CT molecular complexity index is 765. The highest BCUT2D eigenvalue weighted by molar-refractivity contribution is 5.88. The number of ether oxygens (including phenoxy) is 3. The van der Waals surface area contributed by atoms with Crippen molar-refractivity contribution >= 4 is 12.0 Å². The smallest absolute Gasteiger partial charge is 0.330 e. The van der Waals surface area contributed by atoms with Crippen LogP contribution in [0.1, 0.15) is 32.3 Å². The zero-order chi connectivity index (χ0) is 20.2. The average molecular weight is 384 g/mol. The lowest BCUT2D eigenvalue weighted by atomic mass is 10.0. The fraction of sp³-hybridized carbons (Fsp3) is 0.348. The molecule has 1 N–H and O–H groups in total. The van der Waals surface area contributed by atoms with Gasteiger partial charge in [-0.15, -0.1) is 0 Å². The zero-order valence-electron chi connectivity index (χ0n) is 16.5. The predicted octanol–water partition coefficient (Wildman–Crippen LogP) is 4.83. The number of carbonyl (C=O) groups excluding carboxylic acids is 1. The molecule has 0 saturated carbocycles. The number of rotatable bonds is 11. The molecule has 28 heavy (non-hydrogen) atoms. The monoisotopic (exact) mass is 384 g/mol. The molecule has 0 aliphatic carbocycles. The van der Waals surface area contributed by atoms with E-state index in [0.717, 1.165) is 36.3 Å². The molecule has 5 nitrogen and oxygen atoms in total. The van der Waals surface area contributed by atoms with Crippen molar-refractivity contribution in [2.24, 2.45) is 0 Å². The van der Waals surface area contributed by atoms with Gasteiger partial charge in [0, 0.05) is 18.2 Å². The van der Waals surface area contributed by atoms with Crippen molar-refractivity contribution in [1.29, 1.82) is 0 Å². The molecule has 0 radical (unpaired) electrons. The molecule has 0 aliphatic heterocycles. The first-order valence-corrected chi connectivity index (χ1v) is 9.62. The minimum absolute atomic E-state index is 0.104. The number of hydrogen-bond donors (Lipinski definition) is 1. The van der Waals surface area contributed by atoms with E-state index in [4.69, 9.17) is 14.2 Å². The summed E-state index contributed by atoms with van der Waals surface area (Å²) < 4.78 is 16.0. The molecule has 0 fully saturated rings. The van der Waals surface area contributed by atoms with E-state index in [-0.39, 0.29) is 5.75 Å². The molecular formula is C23H28O5. The molecule has 150 valence electrons. The van der Waals surface area contributed by atoms with Gasteiger partial charge < -0.3 is 19.3 Å². The van der Waals surface area contributed by atoms with Crippen molar-refractivity contribution < 1.29 is 24.1 Å². The van der Waals surface area contributed by atoms with Crippen molar-refractivity contribution in [2.75, 3.05) is 26.4 Å². The lowest BCUT2D eigenvalue weighted by molar-refractivity contribution is -0.137. The number of carbonyl (C=O) groups is 1. The summed E-state index contributed by atoms with van der Waals surface area (Å²) in [7, 11) is 0. The Morgan fingerprint density at radius 1 is 1.00 bits per heavy atom. The van der Waals surface area contributed by atoms with Crippen LogP contribution in [0, 0.1) is 0 Å². The molecule has 0 aromatic heterocycles. The van der Waals surface area contributed by atoms with Crippen LogP contribution in [-0.2, 0) is 14.3 Å². The Labute approximate surface area is 166 Å². The Hall–Kier alpha value is -2.79. The van der Waals surface area contributed by atoms with Crippen LogP contribution in [-0.4, -0.2) is 37.5 Å². The largest absolute Gasteiger partial charge is 0.507 e. The predicted molar refractivity (Wildman–Crippen MR) is 110 cm³/mol. The first kappa shape index (κ1) is 21.5. The fourth-order valence-corrected chi connectivity index (χ4v) is 2.53. The number of unbranched alkanes of at least 4 members (excludes halogenated alkanes) is 1. The average Bonchev–Trinajstić information content (AvgIpc) is 2.71. The second-order valence-corrected chi connectivity index (χ2v) is 6.20. The van der Waals surface area contributed by atoms with Gasteiger partial charge in [0.2, 0.25) is 0 Å². The molecule has 0 spiro atoms. The standard InChI is InChI=1S/C23H28O5/c1-3-5-14-26-15-16-28-21-10-6-18(7-11-21)19-8-12-22(24)20(17-19)9-13-23(25)27-4-2/h6-13,17,24H,3-5,14-16H2,1-2H3/b13-9+. The summed E-state index contributed by atoms with van der Waals surface area (Å²) in [5, 5.41) is 10.0. The highest BCUT2D eigenvalue weighted by Gasteiger charge is 2.04. The third-order valence-electron chi connectivity index (χ3n) is 4.04. The molecule has 0 heterocycles. The van der Waals surface area contributed by atoms with Gasteiger partial charge in [-0.05, 0) is 54.8 Å². The van der Waals surface area contributed by atoms with Gasteiger partial charge in [0.1, 0.15) is 18.1 Å². The summed E-state index contributed by atoms with van der Waals surface area (Å²) in [5.41, 5.74) is 2.46. The van der Waals surface area contributed by atoms with E-state index < -0.39 is 5.97 Å². The van der Waals surface area contributed by atoms with E-state index in [2.05, 4.69) is 6.92 Å². The summed E-state index contributed by atoms with van der Waals surface area (Å²) in [6.45, 7) is 6.06. The molecule has 2 rings (SSSR count). The minimum atomic E-state index is -0.438. The summed E-state index contributed by atoms with van der Waals surface area (Å²) >= 11 is 0. The SMILES string of the molecule is CCCCOCCOc1ccc(-c2ccc(O)c(/C=C/C(=O)OCC)c2)cc1.